The van der Waals surface area contributed by atoms with Crippen molar-refractivity contribution in [3.8, 4) is 11.5 Å². The first-order valence-corrected chi connectivity index (χ1v) is 11.7. The highest BCUT2D eigenvalue weighted by Crippen LogP contribution is 2.27. The Bertz CT molecular complexity index is 1090. The van der Waals surface area contributed by atoms with Crippen molar-refractivity contribution < 1.29 is 27.8 Å². The van der Waals surface area contributed by atoms with E-state index in [0.717, 1.165) is 42.4 Å². The highest BCUT2D eigenvalue weighted by Gasteiger charge is 2.24. The third kappa shape index (κ3) is 6.30. The second kappa shape index (κ2) is 11.4. The number of hydrogen-bond donors (Lipinski definition) is 0. The molecule has 7 heteroatoms. The van der Waals surface area contributed by atoms with Gasteiger partial charge in [0.2, 0.25) is 5.89 Å². The molecular formula is C27H30FNO5. The molecule has 0 radical (unpaired) electrons. The van der Waals surface area contributed by atoms with Gasteiger partial charge in [0.05, 0.1) is 37.6 Å². The van der Waals surface area contributed by atoms with Gasteiger partial charge in [-0.3, -0.25) is 0 Å². The van der Waals surface area contributed by atoms with E-state index in [1.165, 1.54) is 12.1 Å². The minimum Gasteiger partial charge on any atom is -0.462 e. The van der Waals surface area contributed by atoms with E-state index in [9.17, 15) is 9.18 Å². The third-order valence-corrected chi connectivity index (χ3v) is 5.92. The van der Waals surface area contributed by atoms with Crippen molar-refractivity contribution in [2.45, 2.75) is 65.0 Å². The Hall–Kier alpha value is -3.03. The third-order valence-electron chi connectivity index (χ3n) is 5.92. The molecule has 2 aromatic carbocycles. The van der Waals surface area contributed by atoms with Crippen LogP contribution < -0.4 is 0 Å². The average Bonchev–Trinajstić information content (AvgIpc) is 3.32. The van der Waals surface area contributed by atoms with E-state index >= 15 is 0 Å². The molecule has 0 amide bonds. The predicted molar refractivity (Wildman–Crippen MR) is 125 cm³/mol. The van der Waals surface area contributed by atoms with Crippen molar-refractivity contribution in [1.82, 2.24) is 4.98 Å². The predicted octanol–water partition coefficient (Wildman–Crippen LogP) is 6.01. The van der Waals surface area contributed by atoms with Crippen molar-refractivity contribution in [2.24, 2.45) is 0 Å². The first-order valence-electron chi connectivity index (χ1n) is 11.7. The summed E-state index contributed by atoms with van der Waals surface area (Å²) in [4.78, 5) is 16.8. The molecule has 1 heterocycles. The molecule has 0 spiro atoms. The number of carbonyl (C=O) groups excluding carboxylic acids is 1. The molecule has 0 saturated heterocycles. The van der Waals surface area contributed by atoms with E-state index in [4.69, 9.17) is 18.6 Å². The SMILES string of the molecule is CCOC(=O)c1cc(C)ccc1CO[C@@H]1CCC[C@H](OCc2coc(-c3ccc(F)cc3)n2)C1. The van der Waals surface area contributed by atoms with Gasteiger partial charge in [0.1, 0.15) is 17.8 Å². The molecule has 0 N–H and O–H groups in total. The van der Waals surface area contributed by atoms with Gasteiger partial charge in [-0.05, 0) is 75.4 Å². The van der Waals surface area contributed by atoms with Gasteiger partial charge in [-0.2, -0.15) is 0 Å². The molecule has 1 aliphatic rings. The van der Waals surface area contributed by atoms with Crippen LogP contribution in [0.15, 0.2) is 53.1 Å². The largest absolute Gasteiger partial charge is 0.462 e. The number of esters is 1. The van der Waals surface area contributed by atoms with Gasteiger partial charge in [-0.25, -0.2) is 14.2 Å². The zero-order valence-electron chi connectivity index (χ0n) is 19.6. The molecule has 0 bridgehead atoms. The van der Waals surface area contributed by atoms with Crippen LogP contribution in [0, 0.1) is 12.7 Å². The lowest BCUT2D eigenvalue weighted by Crippen LogP contribution is -2.28. The van der Waals surface area contributed by atoms with Crippen LogP contribution in [0.4, 0.5) is 4.39 Å². The number of carbonyl (C=O) groups is 1. The molecule has 180 valence electrons. The normalized spacial score (nSPS) is 18.1. The minimum atomic E-state index is -0.317. The van der Waals surface area contributed by atoms with Crippen LogP contribution in [0.1, 0.15) is 59.8 Å². The molecule has 2 atom stereocenters. The lowest BCUT2D eigenvalue weighted by atomic mass is 9.94. The Balaban J connectivity index is 1.29. The molecule has 1 saturated carbocycles. The first kappa shape index (κ1) is 24.1. The van der Waals surface area contributed by atoms with E-state index in [1.807, 2.05) is 25.1 Å². The number of hydrogen-bond acceptors (Lipinski definition) is 6. The smallest absolute Gasteiger partial charge is 0.338 e. The lowest BCUT2D eigenvalue weighted by Gasteiger charge is -2.29. The van der Waals surface area contributed by atoms with Gasteiger partial charge in [-0.1, -0.05) is 17.7 Å². The molecule has 1 aliphatic carbocycles. The van der Waals surface area contributed by atoms with Gasteiger partial charge >= 0.3 is 5.97 Å². The fourth-order valence-corrected chi connectivity index (χ4v) is 4.13. The van der Waals surface area contributed by atoms with Gasteiger partial charge < -0.3 is 18.6 Å². The summed E-state index contributed by atoms with van der Waals surface area (Å²) in [6, 6.07) is 11.8. The van der Waals surface area contributed by atoms with Crippen LogP contribution >= 0.6 is 0 Å². The molecule has 3 aromatic rings. The summed E-state index contributed by atoms with van der Waals surface area (Å²) in [5.74, 6) is -0.173. The minimum absolute atomic E-state index is 0.0576. The van der Waals surface area contributed by atoms with Crippen LogP contribution in [-0.2, 0) is 27.4 Å². The topological polar surface area (TPSA) is 70.8 Å². The van der Waals surface area contributed by atoms with Crippen LogP contribution in [0.25, 0.3) is 11.5 Å². The summed E-state index contributed by atoms with van der Waals surface area (Å²) in [6.45, 7) is 4.79. The van der Waals surface area contributed by atoms with E-state index in [0.29, 0.717) is 37.0 Å². The summed E-state index contributed by atoms with van der Waals surface area (Å²) >= 11 is 0. The average molecular weight is 468 g/mol. The summed E-state index contributed by atoms with van der Waals surface area (Å²) < 4.78 is 36.1. The number of nitrogens with zero attached hydrogens (tertiary/aromatic N) is 1. The van der Waals surface area contributed by atoms with Crippen LogP contribution in [-0.4, -0.2) is 29.8 Å². The quantitative estimate of drug-likeness (QED) is 0.359. The van der Waals surface area contributed by atoms with E-state index in [2.05, 4.69) is 4.98 Å². The summed E-state index contributed by atoms with van der Waals surface area (Å²) in [6.07, 6.45) is 5.40. The highest BCUT2D eigenvalue weighted by atomic mass is 19.1. The summed E-state index contributed by atoms with van der Waals surface area (Å²) in [5, 5.41) is 0. The highest BCUT2D eigenvalue weighted by molar-refractivity contribution is 5.91. The zero-order valence-corrected chi connectivity index (χ0v) is 19.6. The zero-order chi connectivity index (χ0) is 23.9. The molecule has 6 nitrogen and oxygen atoms in total. The number of halogens is 1. The number of oxazole rings is 1. The maximum absolute atomic E-state index is 13.1. The van der Waals surface area contributed by atoms with Crippen molar-refractivity contribution in [2.75, 3.05) is 6.61 Å². The molecule has 4 rings (SSSR count). The number of aryl methyl sites for hydroxylation is 1. The summed E-state index contributed by atoms with van der Waals surface area (Å²) in [5.41, 5.74) is 3.82. The molecule has 1 aromatic heterocycles. The fourth-order valence-electron chi connectivity index (χ4n) is 4.13. The monoisotopic (exact) mass is 467 g/mol. The maximum Gasteiger partial charge on any atom is 0.338 e. The van der Waals surface area contributed by atoms with E-state index in [-0.39, 0.29) is 24.0 Å². The number of benzene rings is 2. The second-order valence-corrected chi connectivity index (χ2v) is 8.56. The second-order valence-electron chi connectivity index (χ2n) is 8.56. The molecule has 34 heavy (non-hydrogen) atoms. The van der Waals surface area contributed by atoms with Crippen LogP contribution in [0.5, 0.6) is 0 Å². The number of rotatable bonds is 9. The van der Waals surface area contributed by atoms with Crippen molar-refractivity contribution in [3.05, 3.63) is 76.9 Å². The Labute approximate surface area is 199 Å². The van der Waals surface area contributed by atoms with E-state index < -0.39 is 0 Å². The van der Waals surface area contributed by atoms with E-state index in [1.54, 1.807) is 25.3 Å². The Morgan fingerprint density at radius 3 is 2.56 bits per heavy atom. The first-order chi connectivity index (χ1) is 16.5. The molecule has 0 aliphatic heterocycles. The fraction of sp³-hybridized carbons (Fsp3) is 0.407. The Kier molecular flexibility index (Phi) is 8.08. The van der Waals surface area contributed by atoms with Crippen LogP contribution in [0.2, 0.25) is 0 Å². The molecular weight excluding hydrogens is 437 g/mol. The van der Waals surface area contributed by atoms with Gasteiger partial charge in [0.15, 0.2) is 0 Å². The Morgan fingerprint density at radius 1 is 1.09 bits per heavy atom. The number of aromatic nitrogens is 1. The van der Waals surface area contributed by atoms with Gasteiger partial charge in [0.25, 0.3) is 0 Å². The van der Waals surface area contributed by atoms with Crippen molar-refractivity contribution >= 4 is 5.97 Å². The molecule has 1 fully saturated rings. The number of ether oxygens (including phenoxy) is 3. The summed E-state index contributed by atoms with van der Waals surface area (Å²) in [7, 11) is 0. The van der Waals surface area contributed by atoms with Gasteiger partial charge in [-0.15, -0.1) is 0 Å². The van der Waals surface area contributed by atoms with Crippen molar-refractivity contribution in [3.63, 3.8) is 0 Å². The van der Waals surface area contributed by atoms with Crippen molar-refractivity contribution in [1.29, 1.82) is 0 Å². The Morgan fingerprint density at radius 2 is 1.82 bits per heavy atom. The van der Waals surface area contributed by atoms with Gasteiger partial charge in [0, 0.05) is 5.56 Å². The molecule has 0 unspecified atom stereocenters. The standard InChI is InChI=1S/C27H30FNO5/c1-3-31-27(30)25-13-18(2)7-8-20(25)15-32-23-5-4-6-24(14-23)33-16-22-17-34-26(29-22)19-9-11-21(28)12-10-19/h7-13,17,23-24H,3-6,14-16H2,1-2H3/t23-,24+/m1/s1. The van der Waals surface area contributed by atoms with Crippen LogP contribution in [0.3, 0.4) is 0 Å². The maximum atomic E-state index is 13.1. The lowest BCUT2D eigenvalue weighted by molar-refractivity contribution is -0.0563.